The maximum atomic E-state index is 5.89. The Morgan fingerprint density at radius 2 is 1.88 bits per heavy atom. The van der Waals surface area contributed by atoms with Crippen molar-refractivity contribution in [1.29, 1.82) is 0 Å². The van der Waals surface area contributed by atoms with E-state index in [-0.39, 0.29) is 0 Å². The van der Waals surface area contributed by atoms with Crippen LogP contribution in [-0.4, -0.2) is 52.7 Å². The summed E-state index contributed by atoms with van der Waals surface area (Å²) in [7, 11) is 3.70. The van der Waals surface area contributed by atoms with Crippen molar-refractivity contribution < 1.29 is 14.2 Å². The van der Waals surface area contributed by atoms with Gasteiger partial charge < -0.3 is 19.5 Å². The third-order valence-corrected chi connectivity index (χ3v) is 3.59. The molecule has 17 heavy (non-hydrogen) atoms. The fourth-order valence-electron chi connectivity index (χ4n) is 2.60. The van der Waals surface area contributed by atoms with Gasteiger partial charge in [-0.1, -0.05) is 13.8 Å². The normalized spacial score (nSPS) is 27.5. The minimum absolute atomic E-state index is 0.320. The van der Waals surface area contributed by atoms with Gasteiger partial charge in [-0.05, 0) is 25.3 Å². The van der Waals surface area contributed by atoms with Crippen LogP contribution in [0.3, 0.4) is 0 Å². The standard InChI is InChI=1S/C13H27NO3/c1-13(2)6-5-11(12(13)14-3)17-10-9-16-8-7-15-4/h11-12,14H,5-10H2,1-4H3. The average Bonchev–Trinajstić information content (AvgIpc) is 2.58. The van der Waals surface area contributed by atoms with E-state index in [9.17, 15) is 0 Å². The van der Waals surface area contributed by atoms with E-state index in [4.69, 9.17) is 14.2 Å². The van der Waals surface area contributed by atoms with E-state index in [2.05, 4.69) is 19.2 Å². The Kier molecular flexibility index (Phi) is 6.41. The molecule has 102 valence electrons. The molecule has 0 saturated heterocycles. The number of nitrogens with one attached hydrogen (secondary N) is 1. The maximum absolute atomic E-state index is 5.89. The first-order chi connectivity index (χ1) is 8.11. The predicted octanol–water partition coefficient (Wildman–Crippen LogP) is 1.44. The van der Waals surface area contributed by atoms with E-state index in [1.807, 2.05) is 7.05 Å². The van der Waals surface area contributed by atoms with Gasteiger partial charge in [0.2, 0.25) is 0 Å². The van der Waals surface area contributed by atoms with Gasteiger partial charge in [-0.3, -0.25) is 0 Å². The van der Waals surface area contributed by atoms with E-state index in [0.717, 1.165) is 6.42 Å². The first kappa shape index (κ1) is 14.9. The molecule has 1 saturated carbocycles. The zero-order valence-electron chi connectivity index (χ0n) is 11.6. The third kappa shape index (κ3) is 4.54. The van der Waals surface area contributed by atoms with Crippen LogP contribution >= 0.6 is 0 Å². The molecule has 4 heteroatoms. The zero-order valence-corrected chi connectivity index (χ0v) is 11.6. The maximum Gasteiger partial charge on any atom is 0.0734 e. The highest BCUT2D eigenvalue weighted by Crippen LogP contribution is 2.38. The molecule has 0 aliphatic heterocycles. The van der Waals surface area contributed by atoms with Crippen LogP contribution in [-0.2, 0) is 14.2 Å². The number of ether oxygens (including phenoxy) is 3. The van der Waals surface area contributed by atoms with E-state index < -0.39 is 0 Å². The summed E-state index contributed by atoms with van der Waals surface area (Å²) in [4.78, 5) is 0. The second kappa shape index (κ2) is 7.31. The number of hydrogen-bond acceptors (Lipinski definition) is 4. The molecule has 0 aromatic rings. The van der Waals surface area contributed by atoms with Crippen molar-refractivity contribution in [2.75, 3.05) is 40.6 Å². The summed E-state index contributed by atoms with van der Waals surface area (Å²) >= 11 is 0. The largest absolute Gasteiger partial charge is 0.382 e. The fraction of sp³-hybridized carbons (Fsp3) is 1.00. The molecule has 1 N–H and O–H groups in total. The molecule has 0 heterocycles. The van der Waals surface area contributed by atoms with Crippen LogP contribution in [0.2, 0.25) is 0 Å². The molecule has 0 spiro atoms. The summed E-state index contributed by atoms with van der Waals surface area (Å²) in [6.45, 7) is 7.21. The van der Waals surface area contributed by atoms with Crippen molar-refractivity contribution in [3.05, 3.63) is 0 Å². The van der Waals surface area contributed by atoms with Crippen LogP contribution in [0.1, 0.15) is 26.7 Å². The highest BCUT2D eigenvalue weighted by molar-refractivity contribution is 4.96. The molecule has 1 aliphatic rings. The van der Waals surface area contributed by atoms with Crippen LogP contribution in [0.15, 0.2) is 0 Å². The summed E-state index contributed by atoms with van der Waals surface area (Å²) in [6.07, 6.45) is 2.67. The van der Waals surface area contributed by atoms with E-state index in [0.29, 0.717) is 44.0 Å². The van der Waals surface area contributed by atoms with Crippen LogP contribution < -0.4 is 5.32 Å². The second-order valence-corrected chi connectivity index (χ2v) is 5.31. The summed E-state index contributed by atoms with van der Waals surface area (Å²) < 4.78 is 16.2. The van der Waals surface area contributed by atoms with Crippen LogP contribution in [0.5, 0.6) is 0 Å². The quantitative estimate of drug-likeness (QED) is 0.657. The predicted molar refractivity (Wildman–Crippen MR) is 68.3 cm³/mol. The van der Waals surface area contributed by atoms with Crippen molar-refractivity contribution in [3.8, 4) is 0 Å². The lowest BCUT2D eigenvalue weighted by Crippen LogP contribution is -2.43. The van der Waals surface area contributed by atoms with Crippen molar-refractivity contribution >= 4 is 0 Å². The number of likely N-dealkylation sites (N-methyl/N-ethyl adjacent to an activating group) is 1. The Morgan fingerprint density at radius 3 is 2.53 bits per heavy atom. The molecular weight excluding hydrogens is 218 g/mol. The van der Waals surface area contributed by atoms with Gasteiger partial charge in [-0.25, -0.2) is 0 Å². The smallest absolute Gasteiger partial charge is 0.0734 e. The number of rotatable bonds is 8. The van der Waals surface area contributed by atoms with Gasteiger partial charge in [0, 0.05) is 13.2 Å². The van der Waals surface area contributed by atoms with E-state index in [1.165, 1.54) is 6.42 Å². The van der Waals surface area contributed by atoms with E-state index >= 15 is 0 Å². The average molecular weight is 245 g/mol. The van der Waals surface area contributed by atoms with Gasteiger partial charge in [0.1, 0.15) is 0 Å². The zero-order chi connectivity index (χ0) is 12.7. The van der Waals surface area contributed by atoms with E-state index in [1.54, 1.807) is 7.11 Å². The van der Waals surface area contributed by atoms with Gasteiger partial charge in [-0.2, -0.15) is 0 Å². The molecule has 2 atom stereocenters. The number of hydrogen-bond donors (Lipinski definition) is 1. The molecule has 1 rings (SSSR count). The van der Waals surface area contributed by atoms with Gasteiger partial charge in [0.15, 0.2) is 0 Å². The lowest BCUT2D eigenvalue weighted by Gasteiger charge is -2.30. The highest BCUT2D eigenvalue weighted by atomic mass is 16.5. The van der Waals surface area contributed by atoms with Gasteiger partial charge in [-0.15, -0.1) is 0 Å². The molecule has 1 fully saturated rings. The first-order valence-corrected chi connectivity index (χ1v) is 6.47. The summed E-state index contributed by atoms with van der Waals surface area (Å²) in [6, 6.07) is 0.446. The summed E-state index contributed by atoms with van der Waals surface area (Å²) in [5, 5.41) is 3.38. The molecule has 0 aromatic heterocycles. The molecule has 0 aromatic carbocycles. The van der Waals surface area contributed by atoms with Gasteiger partial charge in [0.25, 0.3) is 0 Å². The summed E-state index contributed by atoms with van der Waals surface area (Å²) in [5.74, 6) is 0. The van der Waals surface area contributed by atoms with Crippen molar-refractivity contribution in [1.82, 2.24) is 5.32 Å². The van der Waals surface area contributed by atoms with Crippen molar-refractivity contribution in [3.63, 3.8) is 0 Å². The molecule has 4 nitrogen and oxygen atoms in total. The molecule has 2 unspecified atom stereocenters. The summed E-state index contributed by atoms with van der Waals surface area (Å²) in [5.41, 5.74) is 0.330. The number of methoxy groups -OCH3 is 1. The Bertz CT molecular complexity index is 209. The van der Waals surface area contributed by atoms with Crippen molar-refractivity contribution in [2.45, 2.75) is 38.8 Å². The highest BCUT2D eigenvalue weighted by Gasteiger charge is 2.41. The molecule has 0 bridgehead atoms. The lowest BCUT2D eigenvalue weighted by molar-refractivity contribution is -0.0173. The molecule has 0 amide bonds. The Morgan fingerprint density at radius 1 is 1.18 bits per heavy atom. The van der Waals surface area contributed by atoms with Crippen LogP contribution in [0.25, 0.3) is 0 Å². The Hall–Kier alpha value is -0.160. The minimum atomic E-state index is 0.320. The lowest BCUT2D eigenvalue weighted by atomic mass is 9.87. The minimum Gasteiger partial charge on any atom is -0.382 e. The monoisotopic (exact) mass is 245 g/mol. The topological polar surface area (TPSA) is 39.7 Å². The SMILES string of the molecule is CNC1C(OCCOCCOC)CCC1(C)C. The second-order valence-electron chi connectivity index (χ2n) is 5.31. The Balaban J connectivity index is 2.15. The molecule has 1 aliphatic carbocycles. The van der Waals surface area contributed by atoms with Crippen molar-refractivity contribution in [2.24, 2.45) is 5.41 Å². The fourth-order valence-corrected chi connectivity index (χ4v) is 2.60. The molecular formula is C13H27NO3. The van der Waals surface area contributed by atoms with Crippen LogP contribution in [0.4, 0.5) is 0 Å². The Labute approximate surface area is 105 Å². The molecule has 0 radical (unpaired) electrons. The van der Waals surface area contributed by atoms with Crippen LogP contribution in [0, 0.1) is 5.41 Å². The third-order valence-electron chi connectivity index (χ3n) is 3.59. The first-order valence-electron chi connectivity index (χ1n) is 6.47. The van der Waals surface area contributed by atoms with Gasteiger partial charge >= 0.3 is 0 Å². The van der Waals surface area contributed by atoms with Gasteiger partial charge in [0.05, 0.1) is 32.5 Å².